The number of anilines is 2. The summed E-state index contributed by atoms with van der Waals surface area (Å²) in [6.45, 7) is 2.71. The third-order valence-electron chi connectivity index (χ3n) is 5.47. The molecule has 0 saturated carbocycles. The molecule has 2 aromatic rings. The first kappa shape index (κ1) is 21.1. The van der Waals surface area contributed by atoms with Gasteiger partial charge in [0.1, 0.15) is 4.90 Å². The van der Waals surface area contributed by atoms with Crippen LogP contribution in [-0.4, -0.2) is 60.0 Å². The van der Waals surface area contributed by atoms with E-state index >= 15 is 0 Å². The summed E-state index contributed by atoms with van der Waals surface area (Å²) in [5.41, 5.74) is 0.186. The second kappa shape index (κ2) is 8.91. The van der Waals surface area contributed by atoms with Crippen molar-refractivity contribution in [3.63, 3.8) is 0 Å². The zero-order valence-corrected chi connectivity index (χ0v) is 18.2. The van der Waals surface area contributed by atoms with E-state index in [9.17, 15) is 13.2 Å². The Hall–Kier alpha value is -2.17. The zero-order valence-electron chi connectivity index (χ0n) is 16.6. The standard InChI is InChI=1S/C19H25ClN6O3S/c20-15-8-7-14(13-16(15)30(28,29)26-11-5-2-6-12-26)17(27)21-18-22-19(24-23-18)25-9-3-1-4-10-25/h7-8,13H,1-6,9-12H2,(H2,21,22,23,24,27). The van der Waals surface area contributed by atoms with Gasteiger partial charge in [-0.05, 0) is 50.3 Å². The smallest absolute Gasteiger partial charge is 0.258 e. The fraction of sp³-hybridized carbons (Fsp3) is 0.526. The Balaban J connectivity index is 1.51. The fourth-order valence-electron chi connectivity index (χ4n) is 3.81. The number of amides is 1. The third-order valence-corrected chi connectivity index (χ3v) is 7.85. The number of aromatic amines is 1. The molecule has 11 heteroatoms. The number of sulfonamides is 1. The van der Waals surface area contributed by atoms with Crippen LogP contribution in [0.2, 0.25) is 5.02 Å². The van der Waals surface area contributed by atoms with E-state index < -0.39 is 15.9 Å². The Morgan fingerprint density at radius 1 is 1.03 bits per heavy atom. The molecule has 2 N–H and O–H groups in total. The second-order valence-electron chi connectivity index (χ2n) is 7.60. The van der Waals surface area contributed by atoms with Crippen LogP contribution >= 0.6 is 11.6 Å². The molecule has 0 radical (unpaired) electrons. The molecule has 1 aromatic carbocycles. The van der Waals surface area contributed by atoms with Crippen LogP contribution in [0.25, 0.3) is 0 Å². The maximum atomic E-state index is 13.0. The number of halogens is 1. The highest BCUT2D eigenvalue weighted by atomic mass is 35.5. The van der Waals surface area contributed by atoms with E-state index in [1.807, 2.05) is 0 Å². The van der Waals surface area contributed by atoms with E-state index in [0.717, 1.165) is 45.2 Å². The maximum absolute atomic E-state index is 13.0. The molecule has 2 fully saturated rings. The van der Waals surface area contributed by atoms with Gasteiger partial charge in [-0.3, -0.25) is 10.1 Å². The number of nitrogens with one attached hydrogen (secondary N) is 2. The molecule has 0 spiro atoms. The van der Waals surface area contributed by atoms with E-state index in [1.54, 1.807) is 0 Å². The van der Waals surface area contributed by atoms with Crippen molar-refractivity contribution in [3.8, 4) is 0 Å². The first-order chi connectivity index (χ1) is 14.4. The summed E-state index contributed by atoms with van der Waals surface area (Å²) in [6.07, 6.45) is 6.04. The van der Waals surface area contributed by atoms with Crippen molar-refractivity contribution < 1.29 is 13.2 Å². The molecule has 1 amide bonds. The first-order valence-electron chi connectivity index (χ1n) is 10.2. The van der Waals surface area contributed by atoms with Gasteiger partial charge in [-0.1, -0.05) is 18.0 Å². The van der Waals surface area contributed by atoms with Gasteiger partial charge in [-0.2, -0.15) is 9.29 Å². The number of benzene rings is 1. The minimum absolute atomic E-state index is 0.0507. The molecule has 3 heterocycles. The minimum Gasteiger partial charge on any atom is -0.340 e. The topological polar surface area (TPSA) is 111 Å². The van der Waals surface area contributed by atoms with Crippen molar-refractivity contribution in [1.29, 1.82) is 0 Å². The molecule has 2 saturated heterocycles. The van der Waals surface area contributed by atoms with Crippen molar-refractivity contribution in [2.45, 2.75) is 43.4 Å². The van der Waals surface area contributed by atoms with Crippen LogP contribution in [0.3, 0.4) is 0 Å². The number of nitrogens with zero attached hydrogens (tertiary/aromatic N) is 4. The van der Waals surface area contributed by atoms with E-state index in [1.165, 1.54) is 28.9 Å². The van der Waals surface area contributed by atoms with Crippen molar-refractivity contribution in [1.82, 2.24) is 19.5 Å². The van der Waals surface area contributed by atoms with E-state index in [0.29, 0.717) is 19.0 Å². The lowest BCUT2D eigenvalue weighted by molar-refractivity contribution is 0.102. The molecule has 30 heavy (non-hydrogen) atoms. The quantitative estimate of drug-likeness (QED) is 0.721. The van der Waals surface area contributed by atoms with E-state index in [-0.39, 0.29) is 21.4 Å². The van der Waals surface area contributed by atoms with E-state index in [4.69, 9.17) is 11.6 Å². The fourth-order valence-corrected chi connectivity index (χ4v) is 5.83. The highest BCUT2D eigenvalue weighted by Gasteiger charge is 2.29. The summed E-state index contributed by atoms with van der Waals surface area (Å²) in [7, 11) is -3.75. The van der Waals surface area contributed by atoms with Crippen LogP contribution in [0.5, 0.6) is 0 Å². The summed E-state index contributed by atoms with van der Waals surface area (Å²) >= 11 is 6.18. The summed E-state index contributed by atoms with van der Waals surface area (Å²) in [5.74, 6) is 0.286. The molecule has 0 bridgehead atoms. The number of carbonyl (C=O) groups is 1. The molecule has 9 nitrogen and oxygen atoms in total. The summed E-state index contributed by atoms with van der Waals surface area (Å²) < 4.78 is 27.4. The van der Waals surface area contributed by atoms with Gasteiger partial charge >= 0.3 is 0 Å². The second-order valence-corrected chi connectivity index (χ2v) is 9.91. The number of aromatic nitrogens is 3. The van der Waals surface area contributed by atoms with Crippen LogP contribution in [0.15, 0.2) is 23.1 Å². The number of carbonyl (C=O) groups excluding carboxylic acids is 1. The average Bonchev–Trinajstić information content (AvgIpc) is 3.23. The minimum atomic E-state index is -3.75. The lowest BCUT2D eigenvalue weighted by atomic mass is 10.1. The Kier molecular flexibility index (Phi) is 6.26. The highest BCUT2D eigenvalue weighted by molar-refractivity contribution is 7.89. The zero-order chi connectivity index (χ0) is 21.1. The van der Waals surface area contributed by atoms with E-state index in [2.05, 4.69) is 25.4 Å². The molecular weight excluding hydrogens is 428 g/mol. The molecule has 162 valence electrons. The van der Waals surface area contributed by atoms with Gasteiger partial charge in [0, 0.05) is 31.7 Å². The maximum Gasteiger partial charge on any atom is 0.258 e. The normalized spacial score (nSPS) is 18.4. The molecule has 2 aliphatic rings. The van der Waals surface area contributed by atoms with Gasteiger partial charge in [0.2, 0.25) is 21.9 Å². The van der Waals surface area contributed by atoms with Crippen LogP contribution in [0, 0.1) is 0 Å². The average molecular weight is 453 g/mol. The molecule has 1 aromatic heterocycles. The number of piperidine rings is 2. The number of hydrogen-bond acceptors (Lipinski definition) is 6. The van der Waals surface area contributed by atoms with Crippen molar-refractivity contribution in [2.24, 2.45) is 0 Å². The lowest BCUT2D eigenvalue weighted by Gasteiger charge is -2.26. The molecule has 0 unspecified atom stereocenters. The summed E-state index contributed by atoms with van der Waals surface area (Å²) in [5, 5.41) is 9.64. The molecule has 0 aliphatic carbocycles. The predicted molar refractivity (Wildman–Crippen MR) is 114 cm³/mol. The molecule has 0 atom stereocenters. The lowest BCUT2D eigenvalue weighted by Crippen LogP contribution is -2.35. The number of H-pyrrole nitrogens is 1. The van der Waals surface area contributed by atoms with Crippen molar-refractivity contribution >= 4 is 39.4 Å². The summed E-state index contributed by atoms with van der Waals surface area (Å²) in [4.78, 5) is 19.1. The van der Waals surface area contributed by atoms with Crippen LogP contribution < -0.4 is 10.2 Å². The first-order valence-corrected chi connectivity index (χ1v) is 12.1. The Morgan fingerprint density at radius 2 is 1.70 bits per heavy atom. The van der Waals surface area contributed by atoms with Crippen LogP contribution in [-0.2, 0) is 10.0 Å². The van der Waals surface area contributed by atoms with Gasteiger partial charge < -0.3 is 4.90 Å². The Morgan fingerprint density at radius 3 is 2.40 bits per heavy atom. The molecule has 2 aliphatic heterocycles. The SMILES string of the molecule is O=C(Nc1nc(N2CCCCC2)n[nH]1)c1ccc(Cl)c(S(=O)(=O)N2CCCCC2)c1. The third kappa shape index (κ3) is 4.45. The van der Waals surface area contributed by atoms with Crippen molar-refractivity contribution in [3.05, 3.63) is 28.8 Å². The summed E-state index contributed by atoms with van der Waals surface area (Å²) in [6, 6.07) is 4.26. The van der Waals surface area contributed by atoms with Gasteiger partial charge in [0.15, 0.2) is 0 Å². The van der Waals surface area contributed by atoms with Crippen LogP contribution in [0.1, 0.15) is 48.9 Å². The highest BCUT2D eigenvalue weighted by Crippen LogP contribution is 2.28. The van der Waals surface area contributed by atoms with Crippen molar-refractivity contribution in [2.75, 3.05) is 36.4 Å². The number of hydrogen-bond donors (Lipinski definition) is 2. The number of rotatable bonds is 5. The van der Waals surface area contributed by atoms with Gasteiger partial charge in [-0.15, -0.1) is 5.10 Å². The Bertz CT molecular complexity index is 1010. The van der Waals surface area contributed by atoms with Gasteiger partial charge in [-0.25, -0.2) is 13.5 Å². The van der Waals surface area contributed by atoms with Gasteiger partial charge in [0.25, 0.3) is 5.91 Å². The van der Waals surface area contributed by atoms with Gasteiger partial charge in [0.05, 0.1) is 5.02 Å². The molecular formula is C19H25ClN6O3S. The Labute approximate surface area is 180 Å². The monoisotopic (exact) mass is 452 g/mol. The predicted octanol–water partition coefficient (Wildman–Crippen LogP) is 2.88. The van der Waals surface area contributed by atoms with Crippen LogP contribution in [0.4, 0.5) is 11.9 Å². The largest absolute Gasteiger partial charge is 0.340 e. The molecule has 4 rings (SSSR count).